The number of ether oxygens (including phenoxy) is 1. The molecule has 2 aliphatic heterocycles. The predicted molar refractivity (Wildman–Crippen MR) is 178 cm³/mol. The van der Waals surface area contributed by atoms with Crippen molar-refractivity contribution in [3.63, 3.8) is 0 Å². The summed E-state index contributed by atoms with van der Waals surface area (Å²) in [5, 5.41) is 0. The van der Waals surface area contributed by atoms with Gasteiger partial charge in [-0.3, -0.25) is 0 Å². The number of benzene rings is 5. The van der Waals surface area contributed by atoms with Gasteiger partial charge in [0.15, 0.2) is 0 Å². The molecule has 5 aromatic carbocycles. The van der Waals surface area contributed by atoms with Gasteiger partial charge in [-0.05, 0) is 51.9 Å². The Morgan fingerprint density at radius 2 is 1.30 bits per heavy atom. The summed E-state index contributed by atoms with van der Waals surface area (Å²) < 4.78 is 6.89. The third-order valence-electron chi connectivity index (χ3n) is 9.82. The van der Waals surface area contributed by atoms with Crippen molar-refractivity contribution in [2.75, 3.05) is 0 Å². The zero-order valence-corrected chi connectivity index (χ0v) is 24.3. The Morgan fingerprint density at radius 1 is 0.591 bits per heavy atom. The van der Waals surface area contributed by atoms with E-state index < -0.39 is 5.41 Å². The Morgan fingerprint density at radius 3 is 2.05 bits per heavy atom. The molecule has 0 amide bonds. The van der Waals surface area contributed by atoms with Crippen LogP contribution in [-0.4, -0.2) is 6.04 Å². The van der Waals surface area contributed by atoms with E-state index in [0.29, 0.717) is 5.92 Å². The number of fused-ring (bicyclic) bond motifs is 9. The van der Waals surface area contributed by atoms with Crippen LogP contribution >= 0.6 is 0 Å². The maximum atomic E-state index is 6.89. The van der Waals surface area contributed by atoms with Crippen molar-refractivity contribution in [2.45, 2.75) is 23.9 Å². The first-order valence-electron chi connectivity index (χ1n) is 15.6. The SMILES string of the molecule is C1=CCC(C2C=C[C@@H](c3cccc(-c4cccc5c4Oc4ccccc4C54c5ccccc5-c5ccccc54)c3)NN2)C=C1. The van der Waals surface area contributed by atoms with Gasteiger partial charge in [0.05, 0.1) is 11.5 Å². The fraction of sp³-hybridized carbons (Fsp3) is 0.122. The second kappa shape index (κ2) is 10.1. The molecule has 0 saturated heterocycles. The highest BCUT2D eigenvalue weighted by Gasteiger charge is 2.51. The summed E-state index contributed by atoms with van der Waals surface area (Å²) >= 11 is 0. The maximum Gasteiger partial charge on any atom is 0.140 e. The van der Waals surface area contributed by atoms with Crippen LogP contribution in [0.15, 0.2) is 152 Å². The van der Waals surface area contributed by atoms with E-state index in [2.05, 4.69) is 163 Å². The van der Waals surface area contributed by atoms with Crippen molar-refractivity contribution >= 4 is 0 Å². The molecule has 0 bridgehead atoms. The molecule has 2 N–H and O–H groups in total. The number of hydrazine groups is 1. The molecule has 0 fully saturated rings. The summed E-state index contributed by atoms with van der Waals surface area (Å²) in [6, 6.07) is 42.2. The zero-order valence-electron chi connectivity index (χ0n) is 24.3. The fourth-order valence-electron chi connectivity index (χ4n) is 7.83. The van der Waals surface area contributed by atoms with Crippen LogP contribution in [0.25, 0.3) is 22.3 Å². The summed E-state index contributed by atoms with van der Waals surface area (Å²) in [5.41, 5.74) is 17.7. The lowest BCUT2D eigenvalue weighted by molar-refractivity contribution is 0.367. The first-order valence-corrected chi connectivity index (χ1v) is 15.6. The van der Waals surface area contributed by atoms with Crippen molar-refractivity contribution in [2.24, 2.45) is 5.92 Å². The molecule has 0 aromatic heterocycles. The first-order chi connectivity index (χ1) is 21.8. The van der Waals surface area contributed by atoms with E-state index in [9.17, 15) is 0 Å². The second-order valence-corrected chi connectivity index (χ2v) is 12.1. The third kappa shape index (κ3) is 3.70. The van der Waals surface area contributed by atoms with E-state index >= 15 is 0 Å². The van der Waals surface area contributed by atoms with Crippen LogP contribution in [-0.2, 0) is 5.41 Å². The smallest absolute Gasteiger partial charge is 0.140 e. The van der Waals surface area contributed by atoms with E-state index in [1.165, 1.54) is 38.9 Å². The quantitative estimate of drug-likeness (QED) is 0.209. The predicted octanol–water partition coefficient (Wildman–Crippen LogP) is 9.03. The third-order valence-corrected chi connectivity index (χ3v) is 9.82. The van der Waals surface area contributed by atoms with Crippen LogP contribution in [0, 0.1) is 5.92 Å². The van der Waals surface area contributed by atoms with Gasteiger partial charge in [0, 0.05) is 28.7 Å². The first kappa shape index (κ1) is 25.5. The fourth-order valence-corrected chi connectivity index (χ4v) is 7.83. The lowest BCUT2D eigenvalue weighted by Gasteiger charge is -2.40. The lowest BCUT2D eigenvalue weighted by atomic mass is 9.65. The number of para-hydroxylation sites is 2. The average molecular weight is 569 g/mol. The molecule has 0 saturated carbocycles. The van der Waals surface area contributed by atoms with Crippen LogP contribution in [0.5, 0.6) is 11.5 Å². The van der Waals surface area contributed by atoms with Gasteiger partial charge in [-0.2, -0.15) is 0 Å². The normalized spacial score (nSPS) is 21.7. The topological polar surface area (TPSA) is 33.3 Å². The summed E-state index contributed by atoms with van der Waals surface area (Å²) in [6.45, 7) is 0. The highest BCUT2D eigenvalue weighted by molar-refractivity contribution is 5.90. The van der Waals surface area contributed by atoms with E-state index in [1.807, 2.05) is 0 Å². The lowest BCUT2D eigenvalue weighted by Crippen LogP contribution is -2.47. The Bertz CT molecular complexity index is 1970. The molecule has 4 aliphatic rings. The molecule has 5 aromatic rings. The molecule has 9 rings (SSSR count). The van der Waals surface area contributed by atoms with Crippen LogP contribution in [0.2, 0.25) is 0 Å². The van der Waals surface area contributed by atoms with Crippen LogP contribution < -0.4 is 15.6 Å². The van der Waals surface area contributed by atoms with Gasteiger partial charge >= 0.3 is 0 Å². The Kier molecular flexibility index (Phi) is 5.83. The molecule has 212 valence electrons. The van der Waals surface area contributed by atoms with Crippen molar-refractivity contribution in [3.05, 3.63) is 180 Å². The number of hydrogen-bond acceptors (Lipinski definition) is 3. The Labute approximate surface area is 258 Å². The molecule has 3 heteroatoms. The Hall–Kier alpha value is -4.96. The van der Waals surface area contributed by atoms with Crippen molar-refractivity contribution < 1.29 is 4.74 Å². The minimum absolute atomic E-state index is 0.0791. The minimum atomic E-state index is -0.458. The van der Waals surface area contributed by atoms with Crippen LogP contribution in [0.3, 0.4) is 0 Å². The van der Waals surface area contributed by atoms with E-state index in [4.69, 9.17) is 4.74 Å². The molecule has 3 nitrogen and oxygen atoms in total. The molecular formula is C41H32N2O. The molecule has 1 spiro atoms. The van der Waals surface area contributed by atoms with Gasteiger partial charge in [0.25, 0.3) is 0 Å². The van der Waals surface area contributed by atoms with Crippen molar-refractivity contribution in [3.8, 4) is 33.8 Å². The number of allylic oxidation sites excluding steroid dienone is 3. The van der Waals surface area contributed by atoms with Gasteiger partial charge in [0.2, 0.25) is 0 Å². The van der Waals surface area contributed by atoms with Crippen LogP contribution in [0.1, 0.15) is 40.3 Å². The summed E-state index contributed by atoms with van der Waals surface area (Å²) in [4.78, 5) is 0. The Balaban J connectivity index is 1.18. The van der Waals surface area contributed by atoms with Crippen molar-refractivity contribution in [1.82, 2.24) is 10.9 Å². The molecule has 2 unspecified atom stereocenters. The number of hydrogen-bond donors (Lipinski definition) is 2. The maximum absolute atomic E-state index is 6.89. The molecule has 3 atom stereocenters. The number of nitrogens with one attached hydrogen (secondary N) is 2. The summed E-state index contributed by atoms with van der Waals surface area (Å²) in [5.74, 6) is 2.30. The van der Waals surface area contributed by atoms with Gasteiger partial charge in [-0.25, -0.2) is 10.9 Å². The van der Waals surface area contributed by atoms with Gasteiger partial charge < -0.3 is 4.74 Å². The molecular weight excluding hydrogens is 536 g/mol. The number of rotatable bonds is 3. The summed E-state index contributed by atoms with van der Waals surface area (Å²) in [7, 11) is 0. The van der Waals surface area contributed by atoms with Crippen LogP contribution in [0.4, 0.5) is 0 Å². The highest BCUT2D eigenvalue weighted by Crippen LogP contribution is 2.63. The highest BCUT2D eigenvalue weighted by atomic mass is 16.5. The average Bonchev–Trinajstić information content (AvgIpc) is 3.40. The largest absolute Gasteiger partial charge is 0.456 e. The molecule has 44 heavy (non-hydrogen) atoms. The standard InChI is InChI=1S/C41H32N2O/c1-2-12-27(13-3-1)37-24-25-38(43-42-37)29-15-10-14-28(26-29)30-18-11-22-36-40(30)44-39-23-9-8-21-35(39)41(36)33-19-6-4-16-31(33)32-17-5-7-20-34(32)41/h1-12,14-27,37-38,42-43H,13H2/t27?,37?,38-/m0/s1. The molecule has 2 aliphatic carbocycles. The second-order valence-electron chi connectivity index (χ2n) is 12.1. The summed E-state index contributed by atoms with van der Waals surface area (Å²) in [6.07, 6.45) is 14.5. The minimum Gasteiger partial charge on any atom is -0.456 e. The van der Waals surface area contributed by atoms with Crippen molar-refractivity contribution in [1.29, 1.82) is 0 Å². The molecule has 2 heterocycles. The monoisotopic (exact) mass is 568 g/mol. The van der Waals surface area contributed by atoms with E-state index in [-0.39, 0.29) is 12.1 Å². The van der Waals surface area contributed by atoms with Gasteiger partial charge in [-0.1, -0.05) is 140 Å². The zero-order chi connectivity index (χ0) is 29.1. The van der Waals surface area contributed by atoms with E-state index in [1.54, 1.807) is 0 Å². The van der Waals surface area contributed by atoms with Gasteiger partial charge in [-0.15, -0.1) is 0 Å². The molecule has 0 radical (unpaired) electrons. The van der Waals surface area contributed by atoms with E-state index in [0.717, 1.165) is 29.0 Å². The van der Waals surface area contributed by atoms with Gasteiger partial charge in [0.1, 0.15) is 11.5 Å².